The summed E-state index contributed by atoms with van der Waals surface area (Å²) in [6, 6.07) is 8.29. The second kappa shape index (κ2) is 5.41. The average Bonchev–Trinajstić information content (AvgIpc) is 2.47. The van der Waals surface area contributed by atoms with Gasteiger partial charge in [0.15, 0.2) is 4.90 Å². The van der Waals surface area contributed by atoms with E-state index in [1.54, 1.807) is 6.07 Å². The van der Waals surface area contributed by atoms with Crippen molar-refractivity contribution in [1.82, 2.24) is 0 Å². The van der Waals surface area contributed by atoms with E-state index in [0.29, 0.717) is 6.07 Å². The van der Waals surface area contributed by atoms with Crippen LogP contribution < -0.4 is 5.73 Å². The fourth-order valence-electron chi connectivity index (χ4n) is 1.82. The predicted octanol–water partition coefficient (Wildman–Crippen LogP) is 1.92. The second-order valence-electron chi connectivity index (χ2n) is 4.21. The van der Waals surface area contributed by atoms with Crippen LogP contribution in [0.4, 0.5) is 17.1 Å². The lowest BCUT2D eigenvalue weighted by Crippen LogP contribution is -2.08. The number of sulfone groups is 1. The minimum absolute atomic E-state index is 0.175. The number of nitrogen functional groups attached to an aromatic ring is 1. The molecule has 0 aromatic heterocycles. The van der Waals surface area contributed by atoms with Crippen molar-refractivity contribution in [3.63, 3.8) is 0 Å². The minimum atomic E-state index is -4.22. The second-order valence-corrected chi connectivity index (χ2v) is 6.13. The van der Waals surface area contributed by atoms with Crippen molar-refractivity contribution < 1.29 is 18.3 Å². The summed E-state index contributed by atoms with van der Waals surface area (Å²) in [6.07, 6.45) is 0. The highest BCUT2D eigenvalue weighted by Gasteiger charge is 2.31. The molecule has 114 valence electrons. The number of hydrogen-bond donors (Lipinski definition) is 1. The van der Waals surface area contributed by atoms with Crippen molar-refractivity contribution >= 4 is 26.9 Å². The molecule has 0 aliphatic heterocycles. The Kier molecular flexibility index (Phi) is 3.78. The Hall–Kier alpha value is -3.01. The number of anilines is 1. The summed E-state index contributed by atoms with van der Waals surface area (Å²) in [6.45, 7) is 0. The van der Waals surface area contributed by atoms with Gasteiger partial charge >= 0.3 is 0 Å². The molecule has 2 aromatic rings. The van der Waals surface area contributed by atoms with Gasteiger partial charge in [-0.15, -0.1) is 0 Å². The van der Waals surface area contributed by atoms with Crippen LogP contribution in [0.2, 0.25) is 0 Å². The molecule has 0 aliphatic rings. The van der Waals surface area contributed by atoms with Gasteiger partial charge in [0.25, 0.3) is 11.4 Å². The molecule has 0 spiro atoms. The first kappa shape index (κ1) is 15.4. The van der Waals surface area contributed by atoms with E-state index in [1.807, 2.05) is 0 Å². The molecule has 22 heavy (non-hydrogen) atoms. The zero-order valence-corrected chi connectivity index (χ0v) is 11.7. The maximum absolute atomic E-state index is 12.5. The van der Waals surface area contributed by atoms with Crippen LogP contribution in [0.25, 0.3) is 0 Å². The summed E-state index contributed by atoms with van der Waals surface area (Å²) in [5.74, 6) is 0. The number of benzene rings is 2. The van der Waals surface area contributed by atoms with Crippen molar-refractivity contribution in [1.29, 1.82) is 0 Å². The van der Waals surface area contributed by atoms with Crippen LogP contribution in [0.5, 0.6) is 0 Å². The van der Waals surface area contributed by atoms with E-state index < -0.39 is 41.6 Å². The molecule has 0 saturated heterocycles. The van der Waals surface area contributed by atoms with Gasteiger partial charge in [-0.1, -0.05) is 18.2 Å². The monoisotopic (exact) mass is 323 g/mol. The molecule has 0 amide bonds. The molecule has 9 nitrogen and oxygen atoms in total. The summed E-state index contributed by atoms with van der Waals surface area (Å²) < 4.78 is 24.9. The molecule has 0 saturated carbocycles. The lowest BCUT2D eigenvalue weighted by atomic mass is 10.2. The van der Waals surface area contributed by atoms with Gasteiger partial charge in [-0.2, -0.15) is 0 Å². The molecule has 0 unspecified atom stereocenters. The van der Waals surface area contributed by atoms with Crippen molar-refractivity contribution in [3.05, 3.63) is 62.7 Å². The van der Waals surface area contributed by atoms with Gasteiger partial charge in [0, 0.05) is 0 Å². The van der Waals surface area contributed by atoms with Crippen LogP contribution in [-0.4, -0.2) is 18.3 Å². The molecule has 0 heterocycles. The maximum atomic E-state index is 12.5. The van der Waals surface area contributed by atoms with Gasteiger partial charge in [-0.05, 0) is 18.2 Å². The lowest BCUT2D eigenvalue weighted by molar-refractivity contribution is -0.395. The Morgan fingerprint density at radius 3 is 1.95 bits per heavy atom. The normalized spacial score (nSPS) is 11.1. The van der Waals surface area contributed by atoms with Crippen molar-refractivity contribution in [2.75, 3.05) is 5.73 Å². The van der Waals surface area contributed by atoms with Gasteiger partial charge in [0.05, 0.1) is 20.8 Å². The largest absolute Gasteiger partial charge is 0.393 e. The number of nitrogens with zero attached hydrogens (tertiary/aromatic N) is 2. The van der Waals surface area contributed by atoms with Gasteiger partial charge in [0.1, 0.15) is 5.69 Å². The van der Waals surface area contributed by atoms with Crippen molar-refractivity contribution in [2.24, 2.45) is 0 Å². The molecule has 0 bridgehead atoms. The molecule has 0 aliphatic carbocycles. The fraction of sp³-hybridized carbons (Fsp3) is 0. The highest BCUT2D eigenvalue weighted by molar-refractivity contribution is 7.91. The first-order valence-corrected chi connectivity index (χ1v) is 7.26. The van der Waals surface area contributed by atoms with E-state index in [0.717, 1.165) is 6.07 Å². The number of nitrogens with two attached hydrogens (primary N) is 1. The fourth-order valence-corrected chi connectivity index (χ4v) is 3.28. The van der Waals surface area contributed by atoms with Crippen LogP contribution >= 0.6 is 0 Å². The van der Waals surface area contributed by atoms with Gasteiger partial charge in [0.2, 0.25) is 9.84 Å². The van der Waals surface area contributed by atoms with Crippen LogP contribution in [0, 0.1) is 20.2 Å². The van der Waals surface area contributed by atoms with Crippen LogP contribution in [0.15, 0.2) is 52.3 Å². The molecule has 0 atom stereocenters. The van der Waals surface area contributed by atoms with E-state index in [1.165, 1.54) is 24.3 Å². The molecule has 0 radical (unpaired) electrons. The number of nitro groups is 2. The molecule has 10 heteroatoms. The quantitative estimate of drug-likeness (QED) is 0.513. The summed E-state index contributed by atoms with van der Waals surface area (Å²) in [5, 5.41) is 21.8. The van der Waals surface area contributed by atoms with E-state index in [2.05, 4.69) is 0 Å². The average molecular weight is 323 g/mol. The Morgan fingerprint density at radius 2 is 1.45 bits per heavy atom. The smallest absolute Gasteiger partial charge is 0.299 e. The zero-order chi connectivity index (χ0) is 16.5. The highest BCUT2D eigenvalue weighted by atomic mass is 32.2. The number of nitro benzene ring substituents is 2. The third-order valence-electron chi connectivity index (χ3n) is 2.84. The lowest BCUT2D eigenvalue weighted by Gasteiger charge is -2.07. The summed E-state index contributed by atoms with van der Waals surface area (Å²) >= 11 is 0. The zero-order valence-electron chi connectivity index (χ0n) is 10.9. The van der Waals surface area contributed by atoms with Crippen LogP contribution in [0.3, 0.4) is 0 Å². The van der Waals surface area contributed by atoms with Gasteiger partial charge in [-0.25, -0.2) is 8.42 Å². The Labute approximate surface area is 124 Å². The topological polar surface area (TPSA) is 146 Å². The summed E-state index contributed by atoms with van der Waals surface area (Å²) in [4.78, 5) is 19.1. The minimum Gasteiger partial charge on any atom is -0.393 e. The van der Waals surface area contributed by atoms with E-state index in [9.17, 15) is 28.6 Å². The first-order valence-electron chi connectivity index (χ1n) is 5.77. The van der Waals surface area contributed by atoms with Gasteiger partial charge in [-0.3, -0.25) is 20.2 Å². The standard InChI is InChI=1S/C12H9N3O6S/c13-9-6-12(11(15(18)19)7-10(9)14(16)17)22(20,21)8-4-2-1-3-5-8/h1-7H,13H2. The number of hydrogen-bond acceptors (Lipinski definition) is 7. The first-order chi connectivity index (χ1) is 10.2. The van der Waals surface area contributed by atoms with Crippen LogP contribution in [0.1, 0.15) is 0 Å². The van der Waals surface area contributed by atoms with Crippen LogP contribution in [-0.2, 0) is 9.84 Å². The van der Waals surface area contributed by atoms with Crippen molar-refractivity contribution in [2.45, 2.75) is 9.79 Å². The third kappa shape index (κ3) is 2.59. The predicted molar refractivity (Wildman–Crippen MR) is 76.1 cm³/mol. The SMILES string of the molecule is Nc1cc(S(=O)(=O)c2ccccc2)c([N+](=O)[O-])cc1[N+](=O)[O-]. The molecule has 2 rings (SSSR count). The van der Waals surface area contributed by atoms with Crippen molar-refractivity contribution in [3.8, 4) is 0 Å². The summed E-state index contributed by atoms with van der Waals surface area (Å²) in [7, 11) is -4.22. The van der Waals surface area contributed by atoms with E-state index in [-0.39, 0.29) is 4.90 Å². The maximum Gasteiger partial charge on any atom is 0.299 e. The molecular formula is C12H9N3O6S. The molecule has 2 N–H and O–H groups in total. The molecule has 2 aromatic carbocycles. The molecule has 0 fully saturated rings. The Morgan fingerprint density at radius 1 is 0.909 bits per heavy atom. The highest BCUT2D eigenvalue weighted by Crippen LogP contribution is 2.36. The Bertz CT molecular complexity index is 864. The van der Waals surface area contributed by atoms with E-state index in [4.69, 9.17) is 5.73 Å². The number of rotatable bonds is 4. The molecular weight excluding hydrogens is 314 g/mol. The van der Waals surface area contributed by atoms with E-state index >= 15 is 0 Å². The van der Waals surface area contributed by atoms with Gasteiger partial charge < -0.3 is 5.73 Å². The third-order valence-corrected chi connectivity index (χ3v) is 4.64. The summed E-state index contributed by atoms with van der Waals surface area (Å²) in [5.41, 5.74) is 3.35. The Balaban J connectivity index is 2.78.